The van der Waals surface area contributed by atoms with Crippen LogP contribution in [-0.4, -0.2) is 55.6 Å². The topological polar surface area (TPSA) is 105 Å². The molecule has 29 heavy (non-hydrogen) atoms. The molecule has 2 amide bonds. The molecular weight excluding hydrogens is 394 g/mol. The van der Waals surface area contributed by atoms with Gasteiger partial charge in [0.1, 0.15) is 11.5 Å². The summed E-state index contributed by atoms with van der Waals surface area (Å²) in [6, 6.07) is 5.12. The monoisotopic (exact) mass is 421 g/mol. The second-order valence-electron chi connectivity index (χ2n) is 8.46. The number of methoxy groups -OCH3 is 1. The first kappa shape index (κ1) is 21.3. The van der Waals surface area contributed by atoms with Gasteiger partial charge in [-0.15, -0.1) is 0 Å². The van der Waals surface area contributed by atoms with Gasteiger partial charge in [0.15, 0.2) is 9.84 Å². The third kappa shape index (κ3) is 4.77. The first-order chi connectivity index (χ1) is 13.5. The van der Waals surface area contributed by atoms with Gasteiger partial charge in [0.2, 0.25) is 5.91 Å². The van der Waals surface area contributed by atoms with E-state index < -0.39 is 21.8 Å². The fourth-order valence-corrected chi connectivity index (χ4v) is 5.15. The van der Waals surface area contributed by atoms with E-state index in [0.29, 0.717) is 17.9 Å². The van der Waals surface area contributed by atoms with Gasteiger partial charge in [-0.25, -0.2) is 13.4 Å². The highest BCUT2D eigenvalue weighted by atomic mass is 32.2. The molecule has 158 valence electrons. The second-order valence-corrected chi connectivity index (χ2v) is 10.7. The maximum Gasteiger partial charge on any atom is 0.271 e. The normalized spacial score (nSPS) is 21.7. The number of hydrogen-bond acceptors (Lipinski definition) is 6. The number of anilines is 1. The minimum atomic E-state index is -3.16. The molecule has 8 nitrogen and oxygen atoms in total. The van der Waals surface area contributed by atoms with Gasteiger partial charge in [-0.1, -0.05) is 26.8 Å². The van der Waals surface area contributed by atoms with Crippen molar-refractivity contribution < 1.29 is 22.7 Å². The third-order valence-corrected chi connectivity index (χ3v) is 6.94. The summed E-state index contributed by atoms with van der Waals surface area (Å²) < 4.78 is 28.9. The van der Waals surface area contributed by atoms with E-state index in [4.69, 9.17) is 4.74 Å². The van der Waals surface area contributed by atoms with Crippen LogP contribution in [0.4, 0.5) is 5.69 Å². The summed E-state index contributed by atoms with van der Waals surface area (Å²) in [4.78, 5) is 25.1. The maximum absolute atomic E-state index is 12.8. The molecule has 0 unspecified atom stereocenters. The lowest BCUT2D eigenvalue weighted by molar-refractivity contribution is -0.133. The van der Waals surface area contributed by atoms with Gasteiger partial charge >= 0.3 is 0 Å². The van der Waals surface area contributed by atoms with Crippen molar-refractivity contribution in [1.29, 1.82) is 0 Å². The number of nitrogens with zero attached hydrogens (tertiary/aromatic N) is 2. The zero-order chi connectivity index (χ0) is 21.4. The predicted octanol–water partition coefficient (Wildman–Crippen LogP) is 2.10. The molecule has 2 aliphatic rings. The Labute approximate surface area is 171 Å². The molecule has 1 aromatic rings. The Morgan fingerprint density at radius 2 is 2.00 bits per heavy atom. The Bertz CT molecular complexity index is 963. The molecule has 0 bridgehead atoms. The number of carbonyl (C=O) groups is 2. The SMILES string of the molecule is COc1ccc(C(C)(C)C)cc1NC(=O)C1=NN([C@@H]2CCS(=O)(=O)C2)C(=O)CC1. The first-order valence-electron chi connectivity index (χ1n) is 9.60. The summed E-state index contributed by atoms with van der Waals surface area (Å²) >= 11 is 0. The van der Waals surface area contributed by atoms with Crippen molar-refractivity contribution in [2.24, 2.45) is 5.10 Å². The van der Waals surface area contributed by atoms with Crippen LogP contribution in [-0.2, 0) is 24.8 Å². The fraction of sp³-hybridized carbons (Fsp3) is 0.550. The summed E-state index contributed by atoms with van der Waals surface area (Å²) in [5.74, 6) is -0.227. The number of sulfone groups is 1. The Hall–Kier alpha value is -2.42. The van der Waals surface area contributed by atoms with Crippen molar-refractivity contribution in [2.75, 3.05) is 23.9 Å². The molecule has 0 aromatic heterocycles. The summed E-state index contributed by atoms with van der Waals surface area (Å²) in [6.07, 6.45) is 0.678. The molecule has 3 rings (SSSR count). The third-order valence-electron chi connectivity index (χ3n) is 5.19. The largest absolute Gasteiger partial charge is 0.495 e. The minimum absolute atomic E-state index is 0.0370. The Morgan fingerprint density at radius 1 is 1.28 bits per heavy atom. The molecule has 1 N–H and O–H groups in total. The van der Waals surface area contributed by atoms with Crippen LogP contribution in [0.15, 0.2) is 23.3 Å². The van der Waals surface area contributed by atoms with Crippen molar-refractivity contribution in [3.05, 3.63) is 23.8 Å². The number of nitrogens with one attached hydrogen (secondary N) is 1. The van der Waals surface area contributed by atoms with Crippen molar-refractivity contribution in [1.82, 2.24) is 5.01 Å². The Balaban J connectivity index is 1.83. The standard InChI is InChI=1S/C20H27N3O5S/c1-20(2,3)13-5-7-17(28-4)16(11-13)21-19(25)15-6-8-18(24)23(22-15)14-9-10-29(26,27)12-14/h5,7,11,14H,6,8-10,12H2,1-4H3,(H,21,25)/t14-/m1/s1. The quantitative estimate of drug-likeness (QED) is 0.801. The van der Waals surface area contributed by atoms with E-state index >= 15 is 0 Å². The number of carbonyl (C=O) groups excluding carboxylic acids is 2. The summed E-state index contributed by atoms with van der Waals surface area (Å²) in [7, 11) is -1.63. The van der Waals surface area contributed by atoms with Crippen molar-refractivity contribution in [2.45, 2.75) is 51.5 Å². The second kappa shape index (κ2) is 7.78. The van der Waals surface area contributed by atoms with Crippen LogP contribution in [0, 0.1) is 0 Å². The Morgan fingerprint density at radius 3 is 2.59 bits per heavy atom. The zero-order valence-electron chi connectivity index (χ0n) is 17.2. The van der Waals surface area contributed by atoms with E-state index in [2.05, 4.69) is 31.2 Å². The van der Waals surface area contributed by atoms with E-state index in [9.17, 15) is 18.0 Å². The molecule has 0 spiro atoms. The number of benzene rings is 1. The van der Waals surface area contributed by atoms with Crippen LogP contribution in [0.3, 0.4) is 0 Å². The van der Waals surface area contributed by atoms with E-state index in [1.54, 1.807) is 6.07 Å². The lowest BCUT2D eigenvalue weighted by atomic mass is 9.87. The van der Waals surface area contributed by atoms with E-state index in [0.717, 1.165) is 5.56 Å². The molecule has 1 saturated heterocycles. The average molecular weight is 422 g/mol. The highest BCUT2D eigenvalue weighted by Crippen LogP contribution is 2.31. The van der Waals surface area contributed by atoms with Gasteiger partial charge in [0.25, 0.3) is 5.91 Å². The zero-order valence-corrected chi connectivity index (χ0v) is 18.0. The first-order valence-corrected chi connectivity index (χ1v) is 11.4. The van der Waals surface area contributed by atoms with Gasteiger partial charge in [0.05, 0.1) is 30.3 Å². The van der Waals surface area contributed by atoms with E-state index in [1.165, 1.54) is 12.1 Å². The number of ether oxygens (including phenoxy) is 1. The Kier molecular flexibility index (Phi) is 5.71. The smallest absolute Gasteiger partial charge is 0.271 e. The fourth-order valence-electron chi connectivity index (χ4n) is 3.45. The van der Waals surface area contributed by atoms with Crippen LogP contribution in [0.25, 0.3) is 0 Å². The highest BCUT2D eigenvalue weighted by molar-refractivity contribution is 7.91. The molecule has 1 atom stereocenters. The molecule has 0 aliphatic carbocycles. The highest BCUT2D eigenvalue weighted by Gasteiger charge is 2.37. The lowest BCUT2D eigenvalue weighted by Gasteiger charge is -2.27. The summed E-state index contributed by atoms with van der Waals surface area (Å²) in [5, 5.41) is 8.24. The molecular formula is C20H27N3O5S. The van der Waals surface area contributed by atoms with Gasteiger partial charge in [0, 0.05) is 12.8 Å². The van der Waals surface area contributed by atoms with Crippen molar-refractivity contribution in [3.8, 4) is 5.75 Å². The predicted molar refractivity (Wildman–Crippen MR) is 111 cm³/mol. The molecule has 0 saturated carbocycles. The number of hydrazone groups is 1. The van der Waals surface area contributed by atoms with Crippen LogP contribution in [0.1, 0.15) is 45.6 Å². The maximum atomic E-state index is 12.8. The van der Waals surface area contributed by atoms with Crippen molar-refractivity contribution in [3.63, 3.8) is 0 Å². The minimum Gasteiger partial charge on any atom is -0.495 e. The van der Waals surface area contributed by atoms with Crippen LogP contribution >= 0.6 is 0 Å². The van der Waals surface area contributed by atoms with Crippen LogP contribution in [0.2, 0.25) is 0 Å². The van der Waals surface area contributed by atoms with Crippen molar-refractivity contribution >= 4 is 33.1 Å². The van der Waals surface area contributed by atoms with E-state index in [1.807, 2.05) is 12.1 Å². The van der Waals surface area contributed by atoms with E-state index in [-0.39, 0.29) is 41.4 Å². The molecule has 2 heterocycles. The average Bonchev–Trinajstić information content (AvgIpc) is 3.00. The van der Waals surface area contributed by atoms with Gasteiger partial charge in [-0.2, -0.15) is 5.10 Å². The molecule has 1 fully saturated rings. The molecule has 2 aliphatic heterocycles. The molecule has 9 heteroatoms. The van der Waals surface area contributed by atoms with Crippen LogP contribution in [0.5, 0.6) is 5.75 Å². The van der Waals surface area contributed by atoms with Gasteiger partial charge < -0.3 is 10.1 Å². The molecule has 1 aromatic carbocycles. The van der Waals surface area contributed by atoms with Crippen LogP contribution < -0.4 is 10.1 Å². The van der Waals surface area contributed by atoms with Gasteiger partial charge in [-0.3, -0.25) is 9.59 Å². The summed E-state index contributed by atoms with van der Waals surface area (Å²) in [6.45, 7) is 6.22. The molecule has 0 radical (unpaired) electrons. The number of rotatable bonds is 4. The lowest BCUT2D eigenvalue weighted by Crippen LogP contribution is -2.42. The van der Waals surface area contributed by atoms with Gasteiger partial charge in [-0.05, 0) is 29.5 Å². The summed E-state index contributed by atoms with van der Waals surface area (Å²) in [5.41, 5.74) is 1.66. The number of amides is 2. The number of hydrogen-bond donors (Lipinski definition) is 1.